The number of aromatic nitrogens is 3. The summed E-state index contributed by atoms with van der Waals surface area (Å²) in [6.07, 6.45) is 2.69. The smallest absolute Gasteiger partial charge is 0.211 e. The molecule has 1 heterocycles. The second-order valence-electron chi connectivity index (χ2n) is 4.11. The van der Waals surface area contributed by atoms with Crippen molar-refractivity contribution in [3.05, 3.63) is 41.4 Å². The van der Waals surface area contributed by atoms with Crippen LogP contribution in [-0.2, 0) is 16.6 Å². The lowest BCUT2D eigenvalue weighted by Gasteiger charge is -2.14. The third-order valence-electron chi connectivity index (χ3n) is 2.65. The van der Waals surface area contributed by atoms with Crippen LogP contribution in [0.15, 0.2) is 30.6 Å². The maximum Gasteiger partial charge on any atom is 0.211 e. The monoisotopic (exact) mass is 300 g/mol. The van der Waals surface area contributed by atoms with Crippen LogP contribution in [0, 0.1) is 0 Å². The van der Waals surface area contributed by atoms with E-state index in [4.69, 9.17) is 11.6 Å². The lowest BCUT2D eigenvalue weighted by atomic mass is 10.3. The van der Waals surface area contributed by atoms with Gasteiger partial charge in [-0.15, -0.1) is 10.2 Å². The first-order valence-corrected chi connectivity index (χ1v) is 7.66. The summed E-state index contributed by atoms with van der Waals surface area (Å²) in [5, 5.41) is 8.39. The molecule has 0 unspecified atom stereocenters. The minimum atomic E-state index is -3.25. The van der Waals surface area contributed by atoms with Crippen LogP contribution >= 0.6 is 11.6 Å². The molecule has 0 spiro atoms. The van der Waals surface area contributed by atoms with Gasteiger partial charge in [-0.1, -0.05) is 11.6 Å². The van der Waals surface area contributed by atoms with Crippen LogP contribution in [0.4, 0.5) is 0 Å². The molecule has 0 radical (unpaired) electrons. The number of nitrogens with zero attached hydrogens (tertiary/aromatic N) is 4. The number of halogens is 1. The second-order valence-corrected chi connectivity index (χ2v) is 6.64. The van der Waals surface area contributed by atoms with Gasteiger partial charge in [0.1, 0.15) is 6.33 Å². The number of hydrogen-bond donors (Lipinski definition) is 0. The van der Waals surface area contributed by atoms with Crippen LogP contribution in [0.25, 0.3) is 5.69 Å². The van der Waals surface area contributed by atoms with E-state index in [-0.39, 0.29) is 6.54 Å². The normalized spacial score (nSPS) is 12.0. The first-order chi connectivity index (χ1) is 8.88. The molecule has 8 heteroatoms. The fourth-order valence-corrected chi connectivity index (χ4v) is 1.98. The highest BCUT2D eigenvalue weighted by Gasteiger charge is 2.15. The van der Waals surface area contributed by atoms with Crippen LogP contribution in [0.2, 0.25) is 5.02 Å². The van der Waals surface area contributed by atoms with Gasteiger partial charge in [-0.2, -0.15) is 4.31 Å². The van der Waals surface area contributed by atoms with Crippen molar-refractivity contribution in [2.45, 2.75) is 6.54 Å². The van der Waals surface area contributed by atoms with E-state index in [9.17, 15) is 8.42 Å². The molecule has 102 valence electrons. The van der Waals surface area contributed by atoms with Crippen molar-refractivity contribution in [3.63, 3.8) is 0 Å². The van der Waals surface area contributed by atoms with Gasteiger partial charge in [0.25, 0.3) is 0 Å². The zero-order chi connectivity index (χ0) is 14.0. The van der Waals surface area contributed by atoms with Gasteiger partial charge in [-0.05, 0) is 24.3 Å². The van der Waals surface area contributed by atoms with Crippen molar-refractivity contribution < 1.29 is 8.42 Å². The van der Waals surface area contributed by atoms with Gasteiger partial charge in [0.15, 0.2) is 5.82 Å². The molecule has 6 nitrogen and oxygen atoms in total. The minimum Gasteiger partial charge on any atom is -0.284 e. The Kier molecular flexibility index (Phi) is 3.88. The van der Waals surface area contributed by atoms with Crippen molar-refractivity contribution >= 4 is 21.6 Å². The Morgan fingerprint density at radius 1 is 1.32 bits per heavy atom. The molecule has 2 aromatic rings. The Morgan fingerprint density at radius 3 is 2.53 bits per heavy atom. The molecule has 0 saturated carbocycles. The molecule has 0 saturated heterocycles. The average Bonchev–Trinajstić information content (AvgIpc) is 2.77. The van der Waals surface area contributed by atoms with Crippen LogP contribution in [0.1, 0.15) is 5.82 Å². The van der Waals surface area contributed by atoms with Gasteiger partial charge >= 0.3 is 0 Å². The van der Waals surface area contributed by atoms with E-state index in [1.807, 2.05) is 12.1 Å². The molecule has 1 aromatic heterocycles. The molecule has 19 heavy (non-hydrogen) atoms. The quantitative estimate of drug-likeness (QED) is 0.854. The van der Waals surface area contributed by atoms with E-state index in [1.54, 1.807) is 16.7 Å². The Balaban J connectivity index is 2.30. The number of rotatable bonds is 4. The maximum atomic E-state index is 11.4. The van der Waals surface area contributed by atoms with Crippen LogP contribution in [0.3, 0.4) is 0 Å². The molecule has 0 N–H and O–H groups in total. The highest BCUT2D eigenvalue weighted by atomic mass is 35.5. The summed E-state index contributed by atoms with van der Waals surface area (Å²) >= 11 is 5.83. The van der Waals surface area contributed by atoms with E-state index in [0.29, 0.717) is 10.8 Å². The number of benzene rings is 1. The Bertz CT molecular complexity index is 666. The number of sulfonamides is 1. The summed E-state index contributed by atoms with van der Waals surface area (Å²) < 4.78 is 25.7. The van der Waals surface area contributed by atoms with Crippen molar-refractivity contribution in [1.82, 2.24) is 19.1 Å². The molecule has 0 aliphatic heterocycles. The molecule has 0 aliphatic rings. The fourth-order valence-electron chi connectivity index (χ4n) is 1.50. The van der Waals surface area contributed by atoms with Crippen molar-refractivity contribution in [1.29, 1.82) is 0 Å². The van der Waals surface area contributed by atoms with E-state index in [0.717, 1.165) is 11.9 Å². The van der Waals surface area contributed by atoms with Crippen molar-refractivity contribution in [2.75, 3.05) is 13.3 Å². The van der Waals surface area contributed by atoms with E-state index < -0.39 is 10.0 Å². The zero-order valence-corrected chi connectivity index (χ0v) is 12.1. The molecule has 1 aromatic carbocycles. The van der Waals surface area contributed by atoms with E-state index in [1.165, 1.54) is 17.7 Å². The first kappa shape index (κ1) is 14.0. The van der Waals surface area contributed by atoms with Crippen LogP contribution in [0.5, 0.6) is 0 Å². The third kappa shape index (κ3) is 3.31. The summed E-state index contributed by atoms with van der Waals surface area (Å²) in [4.78, 5) is 0. The lowest BCUT2D eigenvalue weighted by molar-refractivity contribution is 0.458. The summed E-state index contributed by atoms with van der Waals surface area (Å²) in [5.74, 6) is 0.537. The van der Waals surface area contributed by atoms with Crippen LogP contribution in [-0.4, -0.2) is 40.8 Å². The number of hydrogen-bond acceptors (Lipinski definition) is 4. The predicted molar refractivity (Wildman–Crippen MR) is 72.7 cm³/mol. The molecule has 0 bridgehead atoms. The van der Waals surface area contributed by atoms with Gasteiger partial charge < -0.3 is 0 Å². The molecular weight excluding hydrogens is 288 g/mol. The standard InChI is InChI=1S/C11H13ClN4O2S/c1-15(19(2,17)18)7-11-14-13-8-16(11)10-5-3-9(12)4-6-10/h3-6,8H,7H2,1-2H3. The Labute approximate surface area is 116 Å². The SMILES string of the molecule is CN(Cc1nncn1-c1ccc(Cl)cc1)S(C)(=O)=O. The van der Waals surface area contributed by atoms with Gasteiger partial charge in [0.2, 0.25) is 10.0 Å². The molecule has 0 aliphatic carbocycles. The summed E-state index contributed by atoms with van der Waals surface area (Å²) in [7, 11) is -1.76. The van der Waals surface area contributed by atoms with Crippen molar-refractivity contribution in [3.8, 4) is 5.69 Å². The van der Waals surface area contributed by atoms with Gasteiger partial charge in [0.05, 0.1) is 12.8 Å². The fraction of sp³-hybridized carbons (Fsp3) is 0.273. The highest BCUT2D eigenvalue weighted by Crippen LogP contribution is 2.15. The largest absolute Gasteiger partial charge is 0.284 e. The molecule has 2 rings (SSSR count). The van der Waals surface area contributed by atoms with Crippen molar-refractivity contribution in [2.24, 2.45) is 0 Å². The Hall–Kier alpha value is -1.44. The summed E-state index contributed by atoms with van der Waals surface area (Å²) in [5.41, 5.74) is 0.825. The van der Waals surface area contributed by atoms with Gasteiger partial charge in [-0.3, -0.25) is 4.57 Å². The van der Waals surface area contributed by atoms with Gasteiger partial charge in [0, 0.05) is 17.8 Å². The second kappa shape index (κ2) is 5.28. The summed E-state index contributed by atoms with van der Waals surface area (Å²) in [6.45, 7) is 0.154. The molecule has 0 amide bonds. The minimum absolute atomic E-state index is 0.154. The lowest BCUT2D eigenvalue weighted by Crippen LogP contribution is -2.26. The highest BCUT2D eigenvalue weighted by molar-refractivity contribution is 7.88. The Morgan fingerprint density at radius 2 is 1.95 bits per heavy atom. The average molecular weight is 301 g/mol. The third-order valence-corrected chi connectivity index (χ3v) is 4.17. The van der Waals surface area contributed by atoms with E-state index >= 15 is 0 Å². The summed E-state index contributed by atoms with van der Waals surface area (Å²) in [6, 6.07) is 7.13. The van der Waals surface area contributed by atoms with Gasteiger partial charge in [-0.25, -0.2) is 8.42 Å². The molecule has 0 atom stereocenters. The first-order valence-electron chi connectivity index (χ1n) is 5.44. The molecule has 0 fully saturated rings. The predicted octanol–water partition coefficient (Wildman–Crippen LogP) is 1.31. The topological polar surface area (TPSA) is 68.1 Å². The van der Waals surface area contributed by atoms with Crippen LogP contribution < -0.4 is 0 Å². The maximum absolute atomic E-state index is 11.4. The molecular formula is C11H13ClN4O2S. The zero-order valence-electron chi connectivity index (χ0n) is 10.5. The van der Waals surface area contributed by atoms with E-state index in [2.05, 4.69) is 10.2 Å².